The smallest absolute Gasteiger partial charge is 0.340 e. The van der Waals surface area contributed by atoms with Gasteiger partial charge in [-0.25, -0.2) is 9.78 Å². The molecule has 1 saturated heterocycles. The summed E-state index contributed by atoms with van der Waals surface area (Å²) >= 11 is 1.43. The number of amides is 1. The topological polar surface area (TPSA) is 98.4 Å². The quantitative estimate of drug-likeness (QED) is 0.648. The summed E-state index contributed by atoms with van der Waals surface area (Å²) in [5, 5.41) is 0.856. The molecule has 3 aromatic rings. The Morgan fingerprint density at radius 3 is 2.55 bits per heavy atom. The lowest BCUT2D eigenvalue weighted by Gasteiger charge is -2.25. The Balaban J connectivity index is 1.80. The van der Waals surface area contributed by atoms with Gasteiger partial charge in [0.05, 0.1) is 16.0 Å². The first-order valence-corrected chi connectivity index (χ1v) is 10.5. The normalized spacial score (nSPS) is 15.3. The largest absolute Gasteiger partial charge is 0.449 e. The van der Waals surface area contributed by atoms with E-state index in [9.17, 15) is 9.59 Å². The summed E-state index contributed by atoms with van der Waals surface area (Å²) in [5.41, 5.74) is 7.62. The van der Waals surface area contributed by atoms with E-state index in [2.05, 4.69) is 4.90 Å². The number of nitrogens with zero attached hydrogens (tertiary/aromatic N) is 3. The highest BCUT2D eigenvalue weighted by Crippen LogP contribution is 2.34. The van der Waals surface area contributed by atoms with Crippen molar-refractivity contribution >= 4 is 38.7 Å². The number of carbonyl (C=O) groups is 2. The first-order valence-electron chi connectivity index (χ1n) is 9.65. The molecule has 8 heteroatoms. The third-order valence-electron chi connectivity index (χ3n) is 4.95. The Morgan fingerprint density at radius 2 is 1.86 bits per heavy atom. The Kier molecular flexibility index (Phi) is 5.44. The fraction of sp³-hybridized carbons (Fsp3) is 0.333. The molecular weight excluding hydrogens is 388 g/mol. The molecule has 0 bridgehead atoms. The molecule has 2 aromatic heterocycles. The number of aromatic nitrogens is 2. The van der Waals surface area contributed by atoms with Gasteiger partial charge < -0.3 is 15.4 Å². The highest BCUT2D eigenvalue weighted by molar-refractivity contribution is 7.22. The number of primary amides is 1. The Labute approximate surface area is 172 Å². The van der Waals surface area contributed by atoms with Crippen molar-refractivity contribution in [3.8, 4) is 11.3 Å². The van der Waals surface area contributed by atoms with E-state index in [0.717, 1.165) is 36.6 Å². The maximum Gasteiger partial charge on any atom is 0.340 e. The molecule has 4 rings (SSSR count). The lowest BCUT2D eigenvalue weighted by molar-refractivity contribution is -0.125. The van der Waals surface area contributed by atoms with E-state index in [-0.39, 0.29) is 0 Å². The predicted molar refractivity (Wildman–Crippen MR) is 113 cm³/mol. The zero-order valence-electron chi connectivity index (χ0n) is 16.1. The maximum atomic E-state index is 12.9. The summed E-state index contributed by atoms with van der Waals surface area (Å²) in [4.78, 5) is 35.8. The molecule has 1 atom stereocenters. The van der Waals surface area contributed by atoms with Crippen LogP contribution < -0.4 is 10.6 Å². The van der Waals surface area contributed by atoms with Crippen LogP contribution in [0.15, 0.2) is 36.4 Å². The molecule has 1 fully saturated rings. The van der Waals surface area contributed by atoms with Crippen LogP contribution in [0.1, 0.15) is 36.5 Å². The number of pyridine rings is 1. The van der Waals surface area contributed by atoms with Crippen LogP contribution >= 0.6 is 11.3 Å². The van der Waals surface area contributed by atoms with Crippen molar-refractivity contribution in [3.05, 3.63) is 42.0 Å². The molecule has 7 nitrogen and oxygen atoms in total. The lowest BCUT2D eigenvalue weighted by atomic mass is 10.1. The number of esters is 1. The molecule has 0 unspecified atom stereocenters. The summed E-state index contributed by atoms with van der Waals surface area (Å²) in [6.45, 7) is 3.36. The second-order valence-corrected chi connectivity index (χ2v) is 8.05. The lowest BCUT2D eigenvalue weighted by Crippen LogP contribution is -2.30. The molecular formula is C21H22N4O3S. The van der Waals surface area contributed by atoms with E-state index in [1.165, 1.54) is 24.7 Å². The SMILES string of the molecule is C[C@@H](OC(=O)c1cc(-c2ccccc2)nc2nc(N3CCCCC3)sc12)C(N)=O. The first-order chi connectivity index (χ1) is 14.0. The minimum atomic E-state index is -1.01. The van der Waals surface area contributed by atoms with Crippen LogP contribution in [0.2, 0.25) is 0 Å². The standard InChI is InChI=1S/C21H22N4O3S/c1-13(18(22)26)28-20(27)15-12-16(14-8-4-2-5-9-14)23-19-17(15)29-21(24-19)25-10-6-3-7-11-25/h2,4-5,8-9,12-13H,3,6-7,10-11H2,1H3,(H2,22,26)/t13-/m1/s1. The Hall–Kier alpha value is -3.00. The molecule has 0 saturated carbocycles. The average molecular weight is 410 g/mol. The van der Waals surface area contributed by atoms with Gasteiger partial charge in [-0.15, -0.1) is 0 Å². The second-order valence-electron chi connectivity index (χ2n) is 7.07. The molecule has 150 valence electrons. The van der Waals surface area contributed by atoms with Gasteiger partial charge in [0.1, 0.15) is 0 Å². The van der Waals surface area contributed by atoms with Crippen LogP contribution in [0.25, 0.3) is 21.6 Å². The van der Waals surface area contributed by atoms with Gasteiger partial charge in [0.25, 0.3) is 5.91 Å². The van der Waals surface area contributed by atoms with Crippen molar-refractivity contribution in [2.45, 2.75) is 32.3 Å². The van der Waals surface area contributed by atoms with Gasteiger partial charge in [0.15, 0.2) is 16.9 Å². The van der Waals surface area contributed by atoms with Crippen LogP contribution in [0, 0.1) is 0 Å². The van der Waals surface area contributed by atoms with E-state index in [4.69, 9.17) is 20.4 Å². The number of thiazole rings is 1. The maximum absolute atomic E-state index is 12.9. The highest BCUT2D eigenvalue weighted by atomic mass is 32.1. The fourth-order valence-electron chi connectivity index (χ4n) is 3.31. The molecule has 0 radical (unpaired) electrons. The van der Waals surface area contributed by atoms with Crippen LogP contribution in [0.4, 0.5) is 5.13 Å². The van der Waals surface area contributed by atoms with Crippen molar-refractivity contribution in [2.24, 2.45) is 5.73 Å². The number of rotatable bonds is 5. The number of ether oxygens (including phenoxy) is 1. The van der Waals surface area contributed by atoms with E-state index in [1.807, 2.05) is 30.3 Å². The van der Waals surface area contributed by atoms with Crippen LogP contribution in [-0.4, -0.2) is 41.0 Å². The average Bonchev–Trinajstić information content (AvgIpc) is 3.18. The number of fused-ring (bicyclic) bond motifs is 1. The summed E-state index contributed by atoms with van der Waals surface area (Å²) in [6.07, 6.45) is 2.47. The minimum absolute atomic E-state index is 0.350. The zero-order valence-corrected chi connectivity index (χ0v) is 16.9. The molecule has 0 aliphatic carbocycles. The van der Waals surface area contributed by atoms with E-state index < -0.39 is 18.0 Å². The monoisotopic (exact) mass is 410 g/mol. The summed E-state index contributed by atoms with van der Waals surface area (Å²) < 4.78 is 5.93. The Morgan fingerprint density at radius 1 is 1.14 bits per heavy atom. The Bertz CT molecular complexity index is 1040. The van der Waals surface area contributed by atoms with E-state index >= 15 is 0 Å². The number of anilines is 1. The highest BCUT2D eigenvalue weighted by Gasteiger charge is 2.24. The second kappa shape index (κ2) is 8.16. The van der Waals surface area contributed by atoms with E-state index in [1.54, 1.807) is 6.07 Å². The fourth-order valence-corrected chi connectivity index (χ4v) is 4.37. The van der Waals surface area contributed by atoms with Crippen LogP contribution in [0.5, 0.6) is 0 Å². The van der Waals surface area contributed by atoms with Crippen molar-refractivity contribution in [1.82, 2.24) is 9.97 Å². The van der Waals surface area contributed by atoms with Gasteiger partial charge >= 0.3 is 5.97 Å². The number of carbonyl (C=O) groups excluding carboxylic acids is 2. The van der Waals surface area contributed by atoms with Gasteiger partial charge in [-0.05, 0) is 32.3 Å². The third kappa shape index (κ3) is 4.07. The molecule has 29 heavy (non-hydrogen) atoms. The summed E-state index contributed by atoms with van der Waals surface area (Å²) in [6, 6.07) is 11.3. The molecule has 1 aliphatic rings. The zero-order chi connectivity index (χ0) is 20.4. The van der Waals surface area contributed by atoms with Gasteiger partial charge in [0, 0.05) is 18.7 Å². The summed E-state index contributed by atoms with van der Waals surface area (Å²) in [5.74, 6) is -1.29. The number of piperidine rings is 1. The molecule has 3 heterocycles. The van der Waals surface area contributed by atoms with Crippen LogP contribution in [0.3, 0.4) is 0 Å². The minimum Gasteiger partial charge on any atom is -0.449 e. The van der Waals surface area contributed by atoms with Gasteiger partial charge in [0.2, 0.25) is 0 Å². The molecule has 2 N–H and O–H groups in total. The third-order valence-corrected chi connectivity index (χ3v) is 6.09. The van der Waals surface area contributed by atoms with Crippen molar-refractivity contribution in [3.63, 3.8) is 0 Å². The molecule has 0 spiro atoms. The molecule has 1 aromatic carbocycles. The predicted octanol–water partition coefficient (Wildman–Crippen LogP) is 3.38. The van der Waals surface area contributed by atoms with Crippen molar-refractivity contribution < 1.29 is 14.3 Å². The summed E-state index contributed by atoms with van der Waals surface area (Å²) in [7, 11) is 0. The number of hydrogen-bond acceptors (Lipinski definition) is 7. The number of benzene rings is 1. The van der Waals surface area contributed by atoms with Crippen LogP contribution in [-0.2, 0) is 9.53 Å². The van der Waals surface area contributed by atoms with Crippen molar-refractivity contribution in [2.75, 3.05) is 18.0 Å². The van der Waals surface area contributed by atoms with E-state index in [0.29, 0.717) is 21.6 Å². The van der Waals surface area contributed by atoms with Gasteiger partial charge in [-0.3, -0.25) is 4.79 Å². The molecule has 1 aliphatic heterocycles. The first kappa shape index (κ1) is 19.3. The number of nitrogens with two attached hydrogens (primary N) is 1. The molecule has 1 amide bonds. The number of hydrogen-bond donors (Lipinski definition) is 1. The van der Waals surface area contributed by atoms with Crippen molar-refractivity contribution in [1.29, 1.82) is 0 Å². The van der Waals surface area contributed by atoms with Gasteiger partial charge in [-0.2, -0.15) is 4.98 Å². The van der Waals surface area contributed by atoms with Gasteiger partial charge in [-0.1, -0.05) is 41.7 Å².